The van der Waals surface area contributed by atoms with Crippen molar-refractivity contribution < 1.29 is 9.47 Å². The van der Waals surface area contributed by atoms with Crippen molar-refractivity contribution in [3.63, 3.8) is 0 Å². The van der Waals surface area contributed by atoms with Crippen molar-refractivity contribution in [2.75, 3.05) is 13.7 Å². The Morgan fingerprint density at radius 3 is 2.52 bits per heavy atom. The summed E-state index contributed by atoms with van der Waals surface area (Å²) in [7, 11) is 1.61. The highest BCUT2D eigenvalue weighted by atomic mass is 127. The zero-order valence-electron chi connectivity index (χ0n) is 12.7. The number of nitrogens with one attached hydrogen (secondary N) is 1. The molecule has 0 aromatic carbocycles. The van der Waals surface area contributed by atoms with Crippen LogP contribution >= 0.6 is 22.6 Å². The lowest BCUT2D eigenvalue weighted by Crippen LogP contribution is -2.35. The molecule has 0 atom stereocenters. The Morgan fingerprint density at radius 1 is 1.29 bits per heavy atom. The van der Waals surface area contributed by atoms with Gasteiger partial charge < -0.3 is 14.5 Å². The monoisotopic (exact) mass is 406 g/mol. The highest BCUT2D eigenvalue weighted by Crippen LogP contribution is 2.37. The number of ether oxygens (including phenoxy) is 2. The number of methoxy groups -OCH3 is 1. The third-order valence-electron chi connectivity index (χ3n) is 3.98. The number of hydrogen-bond acceptors (Lipinski definition) is 4. The predicted octanol–water partition coefficient (Wildman–Crippen LogP) is 3.11. The van der Waals surface area contributed by atoms with Crippen molar-refractivity contribution in [1.82, 2.24) is 9.97 Å². The molecular formula is C15H23IN2O3. The van der Waals surface area contributed by atoms with E-state index in [9.17, 15) is 4.79 Å². The summed E-state index contributed by atoms with van der Waals surface area (Å²) in [6.45, 7) is 2.96. The van der Waals surface area contributed by atoms with Crippen LogP contribution in [0.15, 0.2) is 4.79 Å². The van der Waals surface area contributed by atoms with Crippen LogP contribution in [0.2, 0.25) is 0 Å². The summed E-state index contributed by atoms with van der Waals surface area (Å²) >= 11 is 2.02. The molecule has 0 spiro atoms. The van der Waals surface area contributed by atoms with Crippen molar-refractivity contribution >= 4 is 22.6 Å². The van der Waals surface area contributed by atoms with E-state index in [1.807, 2.05) is 29.5 Å². The maximum atomic E-state index is 12.2. The average molecular weight is 406 g/mol. The molecule has 1 fully saturated rings. The fourth-order valence-corrected chi connectivity index (χ4v) is 3.39. The smallest absolute Gasteiger partial charge is 0.264 e. The molecule has 1 aromatic heterocycles. The van der Waals surface area contributed by atoms with Crippen molar-refractivity contribution in [2.24, 2.45) is 0 Å². The molecule has 0 aliphatic heterocycles. The molecule has 1 aliphatic carbocycles. The molecular weight excluding hydrogens is 383 g/mol. The van der Waals surface area contributed by atoms with Crippen LogP contribution in [0.5, 0.6) is 0 Å². The van der Waals surface area contributed by atoms with Gasteiger partial charge in [-0.05, 0) is 42.4 Å². The van der Waals surface area contributed by atoms with Gasteiger partial charge in [0, 0.05) is 13.7 Å². The second-order valence-corrected chi connectivity index (χ2v) is 6.53. The minimum Gasteiger partial charge on any atom is -0.378 e. The molecule has 0 unspecified atom stereocenters. The van der Waals surface area contributed by atoms with Crippen LogP contribution in [0.25, 0.3) is 0 Å². The lowest BCUT2D eigenvalue weighted by atomic mass is 9.93. The number of aromatic nitrogens is 2. The molecule has 1 heterocycles. The summed E-state index contributed by atoms with van der Waals surface area (Å²) < 4.78 is 11.8. The first kappa shape index (κ1) is 16.9. The summed E-state index contributed by atoms with van der Waals surface area (Å²) in [5.41, 5.74) is 0.146. The first-order valence-electron chi connectivity index (χ1n) is 7.55. The Hall–Kier alpha value is -0.470. The quantitative estimate of drug-likeness (QED) is 0.603. The molecule has 0 amide bonds. The third kappa shape index (κ3) is 3.84. The largest absolute Gasteiger partial charge is 0.378 e. The Morgan fingerprint density at radius 2 is 1.95 bits per heavy atom. The van der Waals surface area contributed by atoms with Gasteiger partial charge in [-0.25, -0.2) is 4.98 Å². The van der Waals surface area contributed by atoms with Crippen LogP contribution in [0.3, 0.4) is 0 Å². The Kier molecular flexibility index (Phi) is 6.19. The zero-order chi connectivity index (χ0) is 15.3. The summed E-state index contributed by atoms with van der Waals surface area (Å²) in [5.74, 6) is 0.670. The SMILES string of the molecule is CCOC1(c2nc(COC)c(I)c(=O)[nH]2)CCCCCC1. The van der Waals surface area contributed by atoms with E-state index in [1.165, 1.54) is 12.8 Å². The van der Waals surface area contributed by atoms with Gasteiger partial charge in [-0.3, -0.25) is 4.79 Å². The maximum Gasteiger partial charge on any atom is 0.264 e. The van der Waals surface area contributed by atoms with E-state index in [0.717, 1.165) is 25.7 Å². The molecule has 1 N–H and O–H groups in total. The second-order valence-electron chi connectivity index (χ2n) is 5.45. The standard InChI is InChI=1S/C15H23IN2O3/c1-3-21-15(8-6-4-5-7-9-15)14-17-11(10-20-2)12(16)13(19)18-14/h3-10H2,1-2H3,(H,17,18,19). The Bertz CT molecular complexity index is 522. The number of halogens is 1. The molecule has 5 nitrogen and oxygen atoms in total. The topological polar surface area (TPSA) is 64.2 Å². The van der Waals surface area contributed by atoms with E-state index < -0.39 is 5.60 Å². The van der Waals surface area contributed by atoms with Crippen LogP contribution in [0.1, 0.15) is 57.0 Å². The Labute approximate surface area is 139 Å². The van der Waals surface area contributed by atoms with E-state index in [2.05, 4.69) is 9.97 Å². The van der Waals surface area contributed by atoms with Gasteiger partial charge in [-0.1, -0.05) is 25.7 Å². The van der Waals surface area contributed by atoms with Gasteiger partial charge in [0.15, 0.2) is 0 Å². The average Bonchev–Trinajstić information content (AvgIpc) is 2.71. The van der Waals surface area contributed by atoms with E-state index >= 15 is 0 Å². The van der Waals surface area contributed by atoms with Gasteiger partial charge in [0.2, 0.25) is 0 Å². The molecule has 1 aromatic rings. The molecule has 118 valence electrons. The van der Waals surface area contributed by atoms with Crippen molar-refractivity contribution in [2.45, 2.75) is 57.7 Å². The first-order chi connectivity index (χ1) is 10.1. The fourth-order valence-electron chi connectivity index (χ4n) is 2.98. The van der Waals surface area contributed by atoms with Gasteiger partial charge in [0.1, 0.15) is 15.0 Å². The first-order valence-corrected chi connectivity index (χ1v) is 8.63. The van der Waals surface area contributed by atoms with Crippen LogP contribution in [-0.4, -0.2) is 23.7 Å². The molecule has 2 rings (SSSR count). The van der Waals surface area contributed by atoms with Gasteiger partial charge in [0.05, 0.1) is 12.3 Å². The molecule has 6 heteroatoms. The molecule has 0 saturated heterocycles. The number of nitrogens with zero attached hydrogens (tertiary/aromatic N) is 1. The van der Waals surface area contributed by atoms with Gasteiger partial charge in [0.25, 0.3) is 5.56 Å². The lowest BCUT2D eigenvalue weighted by Gasteiger charge is -2.31. The fraction of sp³-hybridized carbons (Fsp3) is 0.733. The molecule has 1 aliphatic rings. The number of hydrogen-bond donors (Lipinski definition) is 1. The van der Waals surface area contributed by atoms with E-state index in [-0.39, 0.29) is 5.56 Å². The Balaban J connectivity index is 2.46. The lowest BCUT2D eigenvalue weighted by molar-refractivity contribution is -0.0629. The third-order valence-corrected chi connectivity index (χ3v) is 5.09. The molecule has 1 saturated carbocycles. The van der Waals surface area contributed by atoms with Crippen LogP contribution in [0, 0.1) is 3.57 Å². The van der Waals surface area contributed by atoms with Crippen molar-refractivity contribution in [3.05, 3.63) is 25.4 Å². The number of aromatic amines is 1. The summed E-state index contributed by atoms with van der Waals surface area (Å²) in [6.07, 6.45) is 6.47. The van der Waals surface area contributed by atoms with Crippen LogP contribution in [-0.2, 0) is 21.7 Å². The minimum absolute atomic E-state index is 0.101. The molecule has 21 heavy (non-hydrogen) atoms. The maximum absolute atomic E-state index is 12.2. The zero-order valence-corrected chi connectivity index (χ0v) is 14.9. The second kappa shape index (κ2) is 7.69. The van der Waals surface area contributed by atoms with E-state index in [4.69, 9.17) is 9.47 Å². The van der Waals surface area contributed by atoms with Crippen LogP contribution < -0.4 is 5.56 Å². The number of rotatable bonds is 5. The van der Waals surface area contributed by atoms with Gasteiger partial charge in [-0.15, -0.1) is 0 Å². The molecule has 0 bridgehead atoms. The van der Waals surface area contributed by atoms with Crippen molar-refractivity contribution in [3.8, 4) is 0 Å². The highest BCUT2D eigenvalue weighted by Gasteiger charge is 2.36. The molecule has 0 radical (unpaired) electrons. The number of H-pyrrole nitrogens is 1. The van der Waals surface area contributed by atoms with Gasteiger partial charge in [-0.2, -0.15) is 0 Å². The minimum atomic E-state index is -0.447. The van der Waals surface area contributed by atoms with E-state index in [0.29, 0.717) is 28.3 Å². The summed E-state index contributed by atoms with van der Waals surface area (Å²) in [5, 5.41) is 0. The van der Waals surface area contributed by atoms with Gasteiger partial charge >= 0.3 is 0 Å². The normalized spacial score (nSPS) is 18.4. The van der Waals surface area contributed by atoms with Crippen molar-refractivity contribution in [1.29, 1.82) is 0 Å². The highest BCUT2D eigenvalue weighted by molar-refractivity contribution is 14.1. The predicted molar refractivity (Wildman–Crippen MR) is 89.3 cm³/mol. The summed E-state index contributed by atoms with van der Waals surface area (Å²) in [4.78, 5) is 19.8. The van der Waals surface area contributed by atoms with E-state index in [1.54, 1.807) is 7.11 Å². The van der Waals surface area contributed by atoms with Crippen LogP contribution in [0.4, 0.5) is 0 Å². The summed E-state index contributed by atoms with van der Waals surface area (Å²) in [6, 6.07) is 0.